The molecule has 0 atom stereocenters. The molecular formula is C18H19NO6. The summed E-state index contributed by atoms with van der Waals surface area (Å²) in [5.41, 5.74) is 0.0804. The number of hydrogen-bond acceptors (Lipinski definition) is 6. The van der Waals surface area contributed by atoms with Crippen molar-refractivity contribution in [2.24, 2.45) is 0 Å². The van der Waals surface area contributed by atoms with Crippen molar-refractivity contribution in [2.75, 3.05) is 20.8 Å². The van der Waals surface area contributed by atoms with Gasteiger partial charge < -0.3 is 14.2 Å². The highest BCUT2D eigenvalue weighted by atomic mass is 16.5. The fourth-order valence-corrected chi connectivity index (χ4v) is 2.44. The van der Waals surface area contributed by atoms with Crippen LogP contribution in [0, 0.1) is 6.92 Å². The summed E-state index contributed by atoms with van der Waals surface area (Å²) >= 11 is 0. The molecule has 1 heterocycles. The number of carbonyl (C=O) groups is 2. The molecule has 1 aromatic carbocycles. The Balaban J connectivity index is 2.80. The lowest BCUT2D eigenvalue weighted by Gasteiger charge is -2.15. The van der Waals surface area contributed by atoms with Gasteiger partial charge in [-0.1, -0.05) is 6.07 Å². The number of esters is 2. The van der Waals surface area contributed by atoms with Crippen molar-refractivity contribution < 1.29 is 23.8 Å². The smallest absolute Gasteiger partial charge is 0.343 e. The molecule has 0 fully saturated rings. The predicted octanol–water partition coefficient (Wildman–Crippen LogP) is 2.12. The second-order valence-electron chi connectivity index (χ2n) is 5.11. The molecule has 0 bridgehead atoms. The topological polar surface area (TPSA) is 83.8 Å². The average molecular weight is 345 g/mol. The zero-order valence-electron chi connectivity index (χ0n) is 14.5. The van der Waals surface area contributed by atoms with Crippen LogP contribution in [0.1, 0.15) is 33.3 Å². The van der Waals surface area contributed by atoms with Crippen molar-refractivity contribution in [1.82, 2.24) is 4.57 Å². The van der Waals surface area contributed by atoms with E-state index in [0.717, 1.165) is 0 Å². The molecule has 2 rings (SSSR count). The monoisotopic (exact) mass is 345 g/mol. The number of methoxy groups -OCH3 is 2. The highest BCUT2D eigenvalue weighted by Gasteiger charge is 2.23. The maximum Gasteiger partial charge on any atom is 0.343 e. The van der Waals surface area contributed by atoms with Gasteiger partial charge in [-0.05, 0) is 32.0 Å². The van der Waals surface area contributed by atoms with E-state index in [1.807, 2.05) is 0 Å². The van der Waals surface area contributed by atoms with Crippen molar-refractivity contribution >= 4 is 11.9 Å². The zero-order chi connectivity index (χ0) is 18.6. The molecule has 0 aliphatic carbocycles. The number of hydrogen-bond donors (Lipinski definition) is 0. The average Bonchev–Trinajstić information content (AvgIpc) is 2.61. The third kappa shape index (κ3) is 3.55. The van der Waals surface area contributed by atoms with Crippen LogP contribution in [0.15, 0.2) is 35.1 Å². The Hall–Kier alpha value is -3.09. The van der Waals surface area contributed by atoms with Crippen molar-refractivity contribution in [3.05, 3.63) is 57.5 Å². The first-order valence-electron chi connectivity index (χ1n) is 7.61. The third-order valence-electron chi connectivity index (χ3n) is 3.66. The Morgan fingerprint density at radius 1 is 1.08 bits per heavy atom. The van der Waals surface area contributed by atoms with Crippen LogP contribution in [0.25, 0.3) is 5.69 Å². The van der Waals surface area contributed by atoms with E-state index in [0.29, 0.717) is 17.1 Å². The van der Waals surface area contributed by atoms with Crippen LogP contribution in [0.2, 0.25) is 0 Å². The van der Waals surface area contributed by atoms with E-state index in [1.54, 1.807) is 38.1 Å². The SMILES string of the molecule is CCOC(=O)c1cc(C(=O)OC)c(C)n(-c2cccc(OC)c2)c1=O. The van der Waals surface area contributed by atoms with Crippen LogP contribution in [-0.4, -0.2) is 37.3 Å². The maximum absolute atomic E-state index is 12.8. The Morgan fingerprint density at radius 2 is 1.80 bits per heavy atom. The molecule has 0 spiro atoms. The number of ether oxygens (including phenoxy) is 3. The normalized spacial score (nSPS) is 10.2. The summed E-state index contributed by atoms with van der Waals surface area (Å²) in [5.74, 6) is -0.918. The first-order chi connectivity index (χ1) is 11.9. The second-order valence-corrected chi connectivity index (χ2v) is 5.11. The Kier molecular flexibility index (Phi) is 5.59. The summed E-state index contributed by atoms with van der Waals surface area (Å²) in [6.07, 6.45) is 0. The molecule has 0 unspecified atom stereocenters. The predicted molar refractivity (Wildman–Crippen MR) is 90.6 cm³/mol. The highest BCUT2D eigenvalue weighted by molar-refractivity contribution is 5.95. The minimum atomic E-state index is -0.797. The van der Waals surface area contributed by atoms with Gasteiger partial charge in [0, 0.05) is 11.8 Å². The van der Waals surface area contributed by atoms with Crippen LogP contribution in [-0.2, 0) is 9.47 Å². The van der Waals surface area contributed by atoms with Gasteiger partial charge in [-0.3, -0.25) is 9.36 Å². The molecular weight excluding hydrogens is 326 g/mol. The fraction of sp³-hybridized carbons (Fsp3) is 0.278. The summed E-state index contributed by atoms with van der Waals surface area (Å²) in [4.78, 5) is 37.0. The van der Waals surface area contributed by atoms with E-state index >= 15 is 0 Å². The van der Waals surface area contributed by atoms with E-state index in [4.69, 9.17) is 14.2 Å². The van der Waals surface area contributed by atoms with Gasteiger partial charge in [-0.15, -0.1) is 0 Å². The lowest BCUT2D eigenvalue weighted by atomic mass is 10.1. The molecule has 7 nitrogen and oxygen atoms in total. The standard InChI is InChI=1S/C18H19NO6/c1-5-25-18(22)15-10-14(17(21)24-4)11(2)19(16(15)20)12-7-6-8-13(9-12)23-3/h6-10H,5H2,1-4H3. The molecule has 0 saturated heterocycles. The molecule has 1 aromatic heterocycles. The quantitative estimate of drug-likeness (QED) is 0.772. The molecule has 0 radical (unpaired) electrons. The summed E-state index contributed by atoms with van der Waals surface area (Å²) < 4.78 is 16.1. The van der Waals surface area contributed by atoms with Gasteiger partial charge in [0.25, 0.3) is 5.56 Å². The van der Waals surface area contributed by atoms with Crippen molar-refractivity contribution in [3.63, 3.8) is 0 Å². The van der Waals surface area contributed by atoms with Crippen LogP contribution in [0.5, 0.6) is 5.75 Å². The second kappa shape index (κ2) is 7.65. The third-order valence-corrected chi connectivity index (χ3v) is 3.66. The number of benzene rings is 1. The van der Waals surface area contributed by atoms with Gasteiger partial charge in [0.15, 0.2) is 0 Å². The van der Waals surface area contributed by atoms with Crippen LogP contribution >= 0.6 is 0 Å². The van der Waals surface area contributed by atoms with Gasteiger partial charge in [0.1, 0.15) is 11.3 Å². The molecule has 0 saturated carbocycles. The van der Waals surface area contributed by atoms with E-state index in [1.165, 1.54) is 24.9 Å². The van der Waals surface area contributed by atoms with Crippen molar-refractivity contribution in [1.29, 1.82) is 0 Å². The van der Waals surface area contributed by atoms with E-state index in [-0.39, 0.29) is 17.7 Å². The Labute approximate surface area is 144 Å². The first-order valence-corrected chi connectivity index (χ1v) is 7.61. The summed E-state index contributed by atoms with van der Waals surface area (Å²) in [7, 11) is 2.73. The van der Waals surface area contributed by atoms with Gasteiger partial charge in [0.2, 0.25) is 0 Å². The minimum absolute atomic E-state index is 0.105. The molecule has 0 aliphatic rings. The molecule has 2 aromatic rings. The van der Waals surface area contributed by atoms with Crippen molar-refractivity contribution in [3.8, 4) is 11.4 Å². The zero-order valence-corrected chi connectivity index (χ0v) is 14.5. The molecule has 132 valence electrons. The number of aromatic nitrogens is 1. The van der Waals surface area contributed by atoms with E-state index < -0.39 is 17.5 Å². The number of rotatable bonds is 5. The van der Waals surface area contributed by atoms with Crippen LogP contribution in [0.4, 0.5) is 0 Å². The Bertz CT molecular complexity index is 868. The maximum atomic E-state index is 12.8. The fourth-order valence-electron chi connectivity index (χ4n) is 2.44. The lowest BCUT2D eigenvalue weighted by Crippen LogP contribution is -2.30. The number of carbonyl (C=O) groups excluding carboxylic acids is 2. The molecule has 0 aliphatic heterocycles. The molecule has 25 heavy (non-hydrogen) atoms. The molecule has 0 N–H and O–H groups in total. The highest BCUT2D eigenvalue weighted by Crippen LogP contribution is 2.19. The van der Waals surface area contributed by atoms with Crippen LogP contribution in [0.3, 0.4) is 0 Å². The molecule has 0 amide bonds. The van der Waals surface area contributed by atoms with Gasteiger partial charge in [-0.25, -0.2) is 9.59 Å². The van der Waals surface area contributed by atoms with Gasteiger partial charge in [0.05, 0.1) is 32.1 Å². The summed E-state index contributed by atoms with van der Waals surface area (Å²) in [6, 6.07) is 7.94. The first kappa shape index (κ1) is 18.3. The Morgan fingerprint density at radius 3 is 2.40 bits per heavy atom. The number of pyridine rings is 1. The molecule has 7 heteroatoms. The largest absolute Gasteiger partial charge is 0.497 e. The number of nitrogens with zero attached hydrogens (tertiary/aromatic N) is 1. The van der Waals surface area contributed by atoms with Crippen molar-refractivity contribution in [2.45, 2.75) is 13.8 Å². The van der Waals surface area contributed by atoms with E-state index in [2.05, 4.69) is 0 Å². The van der Waals surface area contributed by atoms with Gasteiger partial charge >= 0.3 is 11.9 Å². The minimum Gasteiger partial charge on any atom is -0.497 e. The lowest BCUT2D eigenvalue weighted by molar-refractivity contribution is 0.0523. The summed E-state index contributed by atoms with van der Waals surface area (Å²) in [6.45, 7) is 3.34. The van der Waals surface area contributed by atoms with E-state index in [9.17, 15) is 14.4 Å². The summed E-state index contributed by atoms with van der Waals surface area (Å²) in [5, 5.41) is 0. The van der Waals surface area contributed by atoms with Gasteiger partial charge in [-0.2, -0.15) is 0 Å². The van der Waals surface area contributed by atoms with Crippen LogP contribution < -0.4 is 10.3 Å².